The molecule has 0 unspecified atom stereocenters. The standard InChI is InChI=1S/C29H38N4O3/c1-23-12-16-33(17-13-23)27-10-9-25(31-28(34)11-8-24-6-3-2-4-7-24)22-26(27)29(35)30-14-5-15-32-18-20-36-21-19-32/h2-4,6-11,22-23H,5,12-21H2,1H3,(H,30,35)(H,31,34). The Kier molecular flexibility index (Phi) is 9.53. The highest BCUT2D eigenvalue weighted by Gasteiger charge is 2.22. The van der Waals surface area contributed by atoms with Gasteiger partial charge in [0.25, 0.3) is 5.91 Å². The number of nitrogens with one attached hydrogen (secondary N) is 2. The Morgan fingerprint density at radius 3 is 2.53 bits per heavy atom. The van der Waals surface area contributed by atoms with Gasteiger partial charge in [0.15, 0.2) is 0 Å². The zero-order valence-corrected chi connectivity index (χ0v) is 21.2. The molecule has 2 amide bonds. The van der Waals surface area contributed by atoms with Crippen molar-refractivity contribution in [2.45, 2.75) is 26.2 Å². The molecule has 2 heterocycles. The Morgan fingerprint density at radius 1 is 1.03 bits per heavy atom. The summed E-state index contributed by atoms with van der Waals surface area (Å²) >= 11 is 0. The van der Waals surface area contributed by atoms with Gasteiger partial charge in [0, 0.05) is 50.2 Å². The van der Waals surface area contributed by atoms with Crippen LogP contribution in [0.5, 0.6) is 0 Å². The van der Waals surface area contributed by atoms with E-state index in [1.54, 1.807) is 12.1 Å². The van der Waals surface area contributed by atoms with Crippen molar-refractivity contribution >= 4 is 29.3 Å². The van der Waals surface area contributed by atoms with Gasteiger partial charge in [0.1, 0.15) is 0 Å². The van der Waals surface area contributed by atoms with E-state index in [0.717, 1.165) is 76.5 Å². The highest BCUT2D eigenvalue weighted by atomic mass is 16.5. The van der Waals surface area contributed by atoms with E-state index in [-0.39, 0.29) is 11.8 Å². The van der Waals surface area contributed by atoms with Crippen LogP contribution in [0.4, 0.5) is 11.4 Å². The molecular weight excluding hydrogens is 452 g/mol. The van der Waals surface area contributed by atoms with Crippen LogP contribution in [0.15, 0.2) is 54.6 Å². The summed E-state index contributed by atoms with van der Waals surface area (Å²) in [5.41, 5.74) is 3.12. The van der Waals surface area contributed by atoms with Crippen molar-refractivity contribution in [2.24, 2.45) is 5.92 Å². The molecule has 0 bridgehead atoms. The summed E-state index contributed by atoms with van der Waals surface area (Å²) in [4.78, 5) is 30.5. The van der Waals surface area contributed by atoms with Crippen LogP contribution in [0.1, 0.15) is 42.1 Å². The maximum Gasteiger partial charge on any atom is 0.253 e. The normalized spacial score (nSPS) is 17.3. The van der Waals surface area contributed by atoms with Crippen molar-refractivity contribution in [2.75, 3.05) is 62.7 Å². The third kappa shape index (κ3) is 7.67. The molecule has 7 nitrogen and oxygen atoms in total. The van der Waals surface area contributed by atoms with Gasteiger partial charge in [-0.15, -0.1) is 0 Å². The van der Waals surface area contributed by atoms with Gasteiger partial charge in [0.2, 0.25) is 5.91 Å². The van der Waals surface area contributed by atoms with Gasteiger partial charge in [-0.3, -0.25) is 14.5 Å². The SMILES string of the molecule is CC1CCN(c2ccc(NC(=O)C=Cc3ccccc3)cc2C(=O)NCCCN2CCOCC2)CC1. The van der Waals surface area contributed by atoms with Crippen LogP contribution in [0, 0.1) is 5.92 Å². The molecule has 7 heteroatoms. The second kappa shape index (κ2) is 13.2. The molecule has 4 rings (SSSR count). The molecular formula is C29H38N4O3. The first kappa shape index (κ1) is 25.9. The molecule has 2 aromatic rings. The number of hydrogen-bond donors (Lipinski definition) is 2. The number of carbonyl (C=O) groups excluding carboxylic acids is 2. The van der Waals surface area contributed by atoms with E-state index in [1.165, 1.54) is 6.08 Å². The maximum absolute atomic E-state index is 13.3. The molecule has 0 spiro atoms. The van der Waals surface area contributed by atoms with E-state index in [1.807, 2.05) is 42.5 Å². The zero-order valence-electron chi connectivity index (χ0n) is 21.2. The second-order valence-corrected chi connectivity index (χ2v) is 9.70. The van der Waals surface area contributed by atoms with Crippen molar-refractivity contribution in [1.82, 2.24) is 10.2 Å². The molecule has 0 aromatic heterocycles. The lowest BCUT2D eigenvalue weighted by atomic mass is 9.97. The molecule has 2 aromatic carbocycles. The smallest absolute Gasteiger partial charge is 0.253 e. The highest BCUT2D eigenvalue weighted by molar-refractivity contribution is 6.05. The molecule has 0 atom stereocenters. The van der Waals surface area contributed by atoms with Crippen LogP contribution >= 0.6 is 0 Å². The third-order valence-electron chi connectivity index (χ3n) is 6.90. The predicted octanol–water partition coefficient (Wildman–Crippen LogP) is 4.03. The van der Waals surface area contributed by atoms with Crippen LogP contribution in [0.3, 0.4) is 0 Å². The molecule has 2 N–H and O–H groups in total. The van der Waals surface area contributed by atoms with E-state index in [9.17, 15) is 9.59 Å². The number of rotatable bonds is 9. The Morgan fingerprint density at radius 2 is 1.78 bits per heavy atom. The summed E-state index contributed by atoms with van der Waals surface area (Å²) in [5.74, 6) is 0.380. The number of hydrogen-bond acceptors (Lipinski definition) is 5. The van der Waals surface area contributed by atoms with E-state index in [0.29, 0.717) is 23.7 Å². The first-order valence-electron chi connectivity index (χ1n) is 13.1. The predicted molar refractivity (Wildman–Crippen MR) is 145 cm³/mol. The van der Waals surface area contributed by atoms with Crippen molar-refractivity contribution < 1.29 is 14.3 Å². The number of morpholine rings is 1. The molecule has 192 valence electrons. The molecule has 2 aliphatic heterocycles. The lowest BCUT2D eigenvalue weighted by Gasteiger charge is -2.33. The quantitative estimate of drug-likeness (QED) is 0.410. The van der Waals surface area contributed by atoms with Gasteiger partial charge >= 0.3 is 0 Å². The van der Waals surface area contributed by atoms with Crippen molar-refractivity contribution in [3.63, 3.8) is 0 Å². The minimum atomic E-state index is -0.227. The minimum absolute atomic E-state index is 0.0958. The minimum Gasteiger partial charge on any atom is -0.379 e. The summed E-state index contributed by atoms with van der Waals surface area (Å²) in [5, 5.41) is 6.02. The van der Waals surface area contributed by atoms with Gasteiger partial charge in [-0.05, 0) is 61.6 Å². The monoisotopic (exact) mass is 490 g/mol. The van der Waals surface area contributed by atoms with Crippen LogP contribution in [-0.2, 0) is 9.53 Å². The fraction of sp³-hybridized carbons (Fsp3) is 0.448. The summed E-state index contributed by atoms with van der Waals surface area (Å²) in [6, 6.07) is 15.4. The van der Waals surface area contributed by atoms with E-state index >= 15 is 0 Å². The zero-order chi connectivity index (χ0) is 25.2. The maximum atomic E-state index is 13.3. The summed E-state index contributed by atoms with van der Waals surface area (Å²) in [7, 11) is 0. The number of ether oxygens (including phenoxy) is 1. The van der Waals surface area contributed by atoms with Crippen molar-refractivity contribution in [3.05, 3.63) is 65.7 Å². The number of amides is 2. The fourth-order valence-corrected chi connectivity index (χ4v) is 4.67. The number of anilines is 2. The Hall–Kier alpha value is -3.16. The van der Waals surface area contributed by atoms with Crippen LogP contribution in [0.2, 0.25) is 0 Å². The molecule has 0 radical (unpaired) electrons. The summed E-state index contributed by atoms with van der Waals surface area (Å²) in [6.45, 7) is 9.17. The van der Waals surface area contributed by atoms with Crippen molar-refractivity contribution in [1.29, 1.82) is 0 Å². The lowest BCUT2D eigenvalue weighted by molar-refractivity contribution is -0.111. The molecule has 2 saturated heterocycles. The molecule has 2 fully saturated rings. The number of piperidine rings is 1. The van der Waals surface area contributed by atoms with Gasteiger partial charge in [-0.2, -0.15) is 0 Å². The number of nitrogens with zero attached hydrogens (tertiary/aromatic N) is 2. The van der Waals surface area contributed by atoms with E-state index < -0.39 is 0 Å². The number of benzene rings is 2. The molecule has 0 aliphatic carbocycles. The van der Waals surface area contributed by atoms with Crippen LogP contribution < -0.4 is 15.5 Å². The molecule has 2 aliphatic rings. The Bertz CT molecular complexity index is 1030. The van der Waals surface area contributed by atoms with Crippen LogP contribution in [-0.4, -0.2) is 69.2 Å². The average Bonchev–Trinajstić information content (AvgIpc) is 2.91. The topological polar surface area (TPSA) is 73.9 Å². The van der Waals surface area contributed by atoms with Gasteiger partial charge in [-0.1, -0.05) is 37.3 Å². The average molecular weight is 491 g/mol. The molecule has 0 saturated carbocycles. The van der Waals surface area contributed by atoms with Crippen molar-refractivity contribution in [3.8, 4) is 0 Å². The number of carbonyl (C=O) groups is 2. The Balaban J connectivity index is 1.41. The van der Waals surface area contributed by atoms with Gasteiger partial charge in [-0.25, -0.2) is 0 Å². The van der Waals surface area contributed by atoms with E-state index in [2.05, 4.69) is 27.4 Å². The lowest BCUT2D eigenvalue weighted by Crippen LogP contribution is -2.38. The van der Waals surface area contributed by atoms with E-state index in [4.69, 9.17) is 4.74 Å². The Labute approximate surface area is 214 Å². The third-order valence-corrected chi connectivity index (χ3v) is 6.90. The largest absolute Gasteiger partial charge is 0.379 e. The van der Waals surface area contributed by atoms with Gasteiger partial charge in [0.05, 0.1) is 18.8 Å². The molecule has 36 heavy (non-hydrogen) atoms. The van der Waals surface area contributed by atoms with Crippen LogP contribution in [0.25, 0.3) is 6.08 Å². The summed E-state index contributed by atoms with van der Waals surface area (Å²) < 4.78 is 5.41. The first-order valence-corrected chi connectivity index (χ1v) is 13.1. The fourth-order valence-electron chi connectivity index (χ4n) is 4.67. The first-order chi connectivity index (χ1) is 17.6. The summed E-state index contributed by atoms with van der Waals surface area (Å²) in [6.07, 6.45) is 6.41. The highest BCUT2D eigenvalue weighted by Crippen LogP contribution is 2.29. The second-order valence-electron chi connectivity index (χ2n) is 9.70. The van der Waals surface area contributed by atoms with Gasteiger partial charge < -0.3 is 20.3 Å².